The minimum atomic E-state index is -0.524. The lowest BCUT2D eigenvalue weighted by atomic mass is 10.1. The predicted molar refractivity (Wildman–Crippen MR) is 75.9 cm³/mol. The lowest BCUT2D eigenvalue weighted by Gasteiger charge is -2.40. The van der Waals surface area contributed by atoms with Gasteiger partial charge >= 0.3 is 0 Å². The number of hydrogen-bond donors (Lipinski definition) is 2. The number of benzene rings is 1. The van der Waals surface area contributed by atoms with Crippen molar-refractivity contribution >= 4 is 29.2 Å². The number of rotatable bonds is 2. The highest BCUT2D eigenvalue weighted by atomic mass is 35.5. The molecule has 0 bridgehead atoms. The minimum absolute atomic E-state index is 0.210. The molecule has 0 aliphatic carbocycles. The molecule has 1 heterocycles. The van der Waals surface area contributed by atoms with E-state index in [1.54, 1.807) is 0 Å². The van der Waals surface area contributed by atoms with Crippen molar-refractivity contribution < 1.29 is 0 Å². The van der Waals surface area contributed by atoms with Crippen molar-refractivity contribution in [3.63, 3.8) is 0 Å². The van der Waals surface area contributed by atoms with Gasteiger partial charge in [0.15, 0.2) is 0 Å². The number of halogens is 1. The molecule has 0 saturated heterocycles. The summed E-state index contributed by atoms with van der Waals surface area (Å²) in [5.41, 5.74) is 12.0. The minimum Gasteiger partial charge on any atom is -0.369 e. The van der Waals surface area contributed by atoms with E-state index in [-0.39, 0.29) is 5.96 Å². The highest BCUT2D eigenvalue weighted by Gasteiger charge is 2.35. The van der Waals surface area contributed by atoms with Crippen molar-refractivity contribution in [2.24, 2.45) is 21.5 Å². The smallest absolute Gasteiger partial charge is 0.220 e. The molecule has 4 N–H and O–H groups in total. The Bertz CT molecular complexity index is 508. The van der Waals surface area contributed by atoms with E-state index in [2.05, 4.69) is 9.98 Å². The van der Waals surface area contributed by atoms with Crippen LogP contribution in [0.4, 0.5) is 5.69 Å². The summed E-state index contributed by atoms with van der Waals surface area (Å²) in [7, 11) is 0. The van der Waals surface area contributed by atoms with Crippen molar-refractivity contribution in [3.8, 4) is 0 Å². The molecule has 0 amide bonds. The van der Waals surface area contributed by atoms with Crippen LogP contribution in [-0.4, -0.2) is 17.6 Å². The van der Waals surface area contributed by atoms with Gasteiger partial charge in [-0.25, -0.2) is 4.99 Å². The number of nitrogens with two attached hydrogens (primary N) is 2. The summed E-state index contributed by atoms with van der Waals surface area (Å²) in [4.78, 5) is 10.3. The zero-order chi connectivity index (χ0) is 13.3. The third-order valence-corrected chi connectivity index (χ3v) is 3.30. The molecule has 18 heavy (non-hydrogen) atoms. The van der Waals surface area contributed by atoms with Crippen molar-refractivity contribution in [3.05, 3.63) is 29.3 Å². The first kappa shape index (κ1) is 12.7. The van der Waals surface area contributed by atoms with E-state index < -0.39 is 5.66 Å². The molecule has 1 aliphatic heterocycles. The Hall–Kier alpha value is -1.75. The molecule has 96 valence electrons. The fraction of sp³-hybridized carbons (Fsp3) is 0.333. The summed E-state index contributed by atoms with van der Waals surface area (Å²) in [6.07, 6.45) is 0.756. The molecule has 1 aromatic carbocycles. The van der Waals surface area contributed by atoms with Gasteiger partial charge in [0.2, 0.25) is 11.9 Å². The van der Waals surface area contributed by atoms with E-state index in [1.807, 2.05) is 43.0 Å². The second-order valence-corrected chi connectivity index (χ2v) is 4.76. The van der Waals surface area contributed by atoms with Gasteiger partial charge in [0.1, 0.15) is 5.66 Å². The molecular weight excluding hydrogens is 250 g/mol. The fourth-order valence-electron chi connectivity index (χ4n) is 1.97. The maximum atomic E-state index is 5.97. The molecule has 1 aromatic rings. The second kappa shape index (κ2) is 4.49. The van der Waals surface area contributed by atoms with Gasteiger partial charge in [-0.05, 0) is 37.6 Å². The predicted octanol–water partition coefficient (Wildman–Crippen LogP) is 1.92. The Morgan fingerprint density at radius 1 is 1.28 bits per heavy atom. The summed E-state index contributed by atoms with van der Waals surface area (Å²) in [5, 5.41) is 0.674. The van der Waals surface area contributed by atoms with Crippen LogP contribution in [0, 0.1) is 0 Å². The topological polar surface area (TPSA) is 80.0 Å². The van der Waals surface area contributed by atoms with Crippen LogP contribution in [0.3, 0.4) is 0 Å². The number of aliphatic imine (C=N–C) groups is 2. The monoisotopic (exact) mass is 265 g/mol. The molecule has 1 aliphatic rings. The van der Waals surface area contributed by atoms with E-state index in [0.29, 0.717) is 11.0 Å². The van der Waals surface area contributed by atoms with Gasteiger partial charge in [-0.2, -0.15) is 4.99 Å². The van der Waals surface area contributed by atoms with Gasteiger partial charge in [-0.1, -0.05) is 18.5 Å². The molecule has 0 saturated carbocycles. The zero-order valence-corrected chi connectivity index (χ0v) is 11.1. The van der Waals surface area contributed by atoms with Crippen LogP contribution in [-0.2, 0) is 0 Å². The Labute approximate surface area is 111 Å². The first-order valence-corrected chi connectivity index (χ1v) is 6.09. The van der Waals surface area contributed by atoms with Crippen LogP contribution >= 0.6 is 11.6 Å². The Kier molecular flexibility index (Phi) is 3.17. The van der Waals surface area contributed by atoms with Crippen molar-refractivity contribution in [2.75, 3.05) is 4.90 Å². The molecule has 0 aromatic heterocycles. The lowest BCUT2D eigenvalue weighted by molar-refractivity contribution is 0.466. The van der Waals surface area contributed by atoms with Crippen LogP contribution in [0.2, 0.25) is 5.02 Å². The van der Waals surface area contributed by atoms with Crippen LogP contribution < -0.4 is 16.4 Å². The molecule has 0 fully saturated rings. The quantitative estimate of drug-likeness (QED) is 0.857. The summed E-state index contributed by atoms with van der Waals surface area (Å²) >= 11 is 5.89. The first-order valence-electron chi connectivity index (χ1n) is 5.71. The number of anilines is 1. The summed E-state index contributed by atoms with van der Waals surface area (Å²) < 4.78 is 0. The van der Waals surface area contributed by atoms with Gasteiger partial charge < -0.3 is 11.5 Å². The number of hydrogen-bond acceptors (Lipinski definition) is 5. The fourth-order valence-corrected chi connectivity index (χ4v) is 2.10. The molecule has 1 atom stereocenters. The standard InChI is InChI=1S/C12H16ClN5/c1-3-12(2)17-10(14)16-11(15)18(12)9-6-4-8(13)5-7-9/h4-7H,3H2,1-2H3,(H4,14,15,16,17). The summed E-state index contributed by atoms with van der Waals surface area (Å²) in [6, 6.07) is 7.38. The van der Waals surface area contributed by atoms with Crippen molar-refractivity contribution in [2.45, 2.75) is 25.9 Å². The number of guanidine groups is 2. The number of nitrogens with zero attached hydrogens (tertiary/aromatic N) is 3. The zero-order valence-electron chi connectivity index (χ0n) is 10.4. The van der Waals surface area contributed by atoms with Crippen molar-refractivity contribution in [1.82, 2.24) is 0 Å². The van der Waals surface area contributed by atoms with E-state index in [4.69, 9.17) is 23.1 Å². The third-order valence-electron chi connectivity index (χ3n) is 3.05. The maximum absolute atomic E-state index is 5.97. The van der Waals surface area contributed by atoms with Crippen molar-refractivity contribution in [1.29, 1.82) is 0 Å². The highest BCUT2D eigenvalue weighted by Crippen LogP contribution is 2.30. The van der Waals surface area contributed by atoms with E-state index in [9.17, 15) is 0 Å². The molecule has 1 unspecified atom stereocenters. The summed E-state index contributed by atoms with van der Waals surface area (Å²) in [5.74, 6) is 0.552. The van der Waals surface area contributed by atoms with Crippen LogP contribution in [0.25, 0.3) is 0 Å². The molecular formula is C12H16ClN5. The van der Waals surface area contributed by atoms with Gasteiger partial charge in [0, 0.05) is 10.7 Å². The molecule has 0 radical (unpaired) electrons. The van der Waals surface area contributed by atoms with E-state index in [0.717, 1.165) is 12.1 Å². The average Bonchev–Trinajstić information content (AvgIpc) is 2.30. The van der Waals surface area contributed by atoms with Gasteiger partial charge in [-0.15, -0.1) is 0 Å². The van der Waals surface area contributed by atoms with Gasteiger partial charge in [0.05, 0.1) is 0 Å². The molecule has 6 heteroatoms. The van der Waals surface area contributed by atoms with E-state index in [1.165, 1.54) is 0 Å². The second-order valence-electron chi connectivity index (χ2n) is 4.32. The van der Waals surface area contributed by atoms with Crippen LogP contribution in [0.15, 0.2) is 34.3 Å². The molecule has 5 nitrogen and oxygen atoms in total. The lowest BCUT2D eigenvalue weighted by Crippen LogP contribution is -2.55. The first-order chi connectivity index (χ1) is 8.46. The average molecular weight is 266 g/mol. The van der Waals surface area contributed by atoms with Gasteiger partial charge in [0.25, 0.3) is 0 Å². The maximum Gasteiger partial charge on any atom is 0.220 e. The Morgan fingerprint density at radius 3 is 2.44 bits per heavy atom. The third kappa shape index (κ3) is 2.13. The van der Waals surface area contributed by atoms with Crippen LogP contribution in [0.5, 0.6) is 0 Å². The SMILES string of the molecule is CCC1(C)N=C(N)N=C(N)N1c1ccc(Cl)cc1. The van der Waals surface area contributed by atoms with E-state index >= 15 is 0 Å². The Morgan fingerprint density at radius 2 is 1.89 bits per heavy atom. The van der Waals surface area contributed by atoms with Crippen LogP contribution in [0.1, 0.15) is 20.3 Å². The summed E-state index contributed by atoms with van der Waals surface area (Å²) in [6.45, 7) is 3.99. The normalized spacial score (nSPS) is 23.6. The Balaban J connectivity index is 2.48. The molecule has 0 spiro atoms. The van der Waals surface area contributed by atoms with Gasteiger partial charge in [-0.3, -0.25) is 4.90 Å². The largest absolute Gasteiger partial charge is 0.369 e. The molecule has 2 rings (SSSR count). The highest BCUT2D eigenvalue weighted by molar-refractivity contribution is 6.30.